The van der Waals surface area contributed by atoms with Crippen LogP contribution in [0.2, 0.25) is 0 Å². The van der Waals surface area contributed by atoms with Crippen LogP contribution in [0.3, 0.4) is 0 Å². The van der Waals surface area contributed by atoms with E-state index >= 15 is 0 Å². The number of aliphatic hydroxyl groups is 1. The van der Waals surface area contributed by atoms with Crippen molar-refractivity contribution in [3.8, 4) is 0 Å². The summed E-state index contributed by atoms with van der Waals surface area (Å²) in [6, 6.07) is 9.91. The van der Waals surface area contributed by atoms with Crippen molar-refractivity contribution in [1.82, 2.24) is 5.32 Å². The number of thiophene rings is 1. The molecule has 1 heterocycles. The molecule has 0 bridgehead atoms. The molecule has 19 heavy (non-hydrogen) atoms. The highest BCUT2D eigenvalue weighted by molar-refractivity contribution is 7.20. The Balaban J connectivity index is 2.14. The molecule has 0 radical (unpaired) electrons. The summed E-state index contributed by atoms with van der Waals surface area (Å²) in [4.78, 5) is 12.9. The number of carbonyl (C=O) groups is 1. The molecule has 2 aromatic rings. The molecule has 1 aromatic heterocycles. The van der Waals surface area contributed by atoms with Gasteiger partial charge in [0.25, 0.3) is 5.91 Å². The van der Waals surface area contributed by atoms with E-state index in [1.165, 1.54) is 11.3 Å². The second-order valence-electron chi connectivity index (χ2n) is 4.98. The minimum Gasteiger partial charge on any atom is -0.396 e. The Hall–Kier alpha value is -1.39. The summed E-state index contributed by atoms with van der Waals surface area (Å²) in [5.41, 5.74) is 0. The number of rotatable bonds is 5. The van der Waals surface area contributed by atoms with Crippen molar-refractivity contribution < 1.29 is 9.90 Å². The normalized spacial score (nSPS) is 12.8. The van der Waals surface area contributed by atoms with E-state index in [-0.39, 0.29) is 18.6 Å². The van der Waals surface area contributed by atoms with Gasteiger partial charge in [-0.3, -0.25) is 4.79 Å². The van der Waals surface area contributed by atoms with Crippen molar-refractivity contribution in [1.29, 1.82) is 0 Å². The van der Waals surface area contributed by atoms with E-state index in [1.54, 1.807) is 0 Å². The topological polar surface area (TPSA) is 49.3 Å². The van der Waals surface area contributed by atoms with Gasteiger partial charge in [-0.05, 0) is 29.9 Å². The lowest BCUT2D eigenvalue weighted by Crippen LogP contribution is -2.38. The van der Waals surface area contributed by atoms with Gasteiger partial charge in [0, 0.05) is 17.3 Å². The lowest BCUT2D eigenvalue weighted by Gasteiger charge is -2.21. The standard InChI is InChI=1S/C15H19NO2S/c1-10(2)12(7-8-17)16-15(18)14-9-11-5-3-4-6-13(11)19-14/h3-6,9-10,12,17H,7-8H2,1-2H3,(H,16,18). The molecule has 1 unspecified atom stereocenters. The molecular formula is C15H19NO2S. The lowest BCUT2D eigenvalue weighted by atomic mass is 10.0. The number of carbonyl (C=O) groups excluding carboxylic acids is 1. The van der Waals surface area contributed by atoms with Gasteiger partial charge in [0.2, 0.25) is 0 Å². The Morgan fingerprint density at radius 1 is 1.37 bits per heavy atom. The first-order chi connectivity index (χ1) is 9.11. The van der Waals surface area contributed by atoms with Crippen LogP contribution < -0.4 is 5.32 Å². The number of benzene rings is 1. The van der Waals surface area contributed by atoms with Gasteiger partial charge in [0.15, 0.2) is 0 Å². The minimum atomic E-state index is -0.0478. The molecule has 0 aliphatic heterocycles. The SMILES string of the molecule is CC(C)C(CCO)NC(=O)c1cc2ccccc2s1. The Morgan fingerprint density at radius 3 is 2.74 bits per heavy atom. The van der Waals surface area contributed by atoms with Crippen molar-refractivity contribution >= 4 is 27.3 Å². The Kier molecular flexibility index (Phi) is 4.56. The van der Waals surface area contributed by atoms with E-state index in [0.29, 0.717) is 12.3 Å². The predicted octanol–water partition coefficient (Wildman–Crippen LogP) is 3.04. The first-order valence-corrected chi connectivity index (χ1v) is 7.33. The van der Waals surface area contributed by atoms with E-state index in [1.807, 2.05) is 44.2 Å². The van der Waals surface area contributed by atoms with Crippen molar-refractivity contribution in [3.63, 3.8) is 0 Å². The predicted molar refractivity (Wildman–Crippen MR) is 79.6 cm³/mol. The molecule has 1 atom stereocenters. The number of hydrogen-bond donors (Lipinski definition) is 2. The van der Waals surface area contributed by atoms with Gasteiger partial charge in [0.05, 0.1) is 4.88 Å². The third kappa shape index (κ3) is 3.33. The van der Waals surface area contributed by atoms with Crippen LogP contribution in [0.1, 0.15) is 29.9 Å². The quantitative estimate of drug-likeness (QED) is 0.882. The van der Waals surface area contributed by atoms with Gasteiger partial charge in [-0.15, -0.1) is 11.3 Å². The lowest BCUT2D eigenvalue weighted by molar-refractivity contribution is 0.0921. The molecule has 102 valence electrons. The van der Waals surface area contributed by atoms with Crippen LogP contribution in [-0.2, 0) is 0 Å². The summed E-state index contributed by atoms with van der Waals surface area (Å²) in [6.45, 7) is 4.19. The largest absolute Gasteiger partial charge is 0.396 e. The average molecular weight is 277 g/mol. The zero-order valence-electron chi connectivity index (χ0n) is 11.2. The van der Waals surface area contributed by atoms with Crippen molar-refractivity contribution in [2.45, 2.75) is 26.3 Å². The maximum Gasteiger partial charge on any atom is 0.261 e. The van der Waals surface area contributed by atoms with Crippen LogP contribution in [0.25, 0.3) is 10.1 Å². The van der Waals surface area contributed by atoms with E-state index in [2.05, 4.69) is 5.32 Å². The minimum absolute atomic E-state index is 0.0164. The van der Waals surface area contributed by atoms with Gasteiger partial charge in [-0.1, -0.05) is 32.0 Å². The first-order valence-electron chi connectivity index (χ1n) is 6.52. The summed E-state index contributed by atoms with van der Waals surface area (Å²) < 4.78 is 1.12. The van der Waals surface area contributed by atoms with E-state index in [4.69, 9.17) is 5.11 Å². The van der Waals surface area contributed by atoms with Crippen LogP contribution in [0.4, 0.5) is 0 Å². The van der Waals surface area contributed by atoms with E-state index in [9.17, 15) is 4.79 Å². The van der Waals surface area contributed by atoms with Gasteiger partial charge >= 0.3 is 0 Å². The highest BCUT2D eigenvalue weighted by Crippen LogP contribution is 2.25. The molecule has 0 aliphatic rings. The second-order valence-corrected chi connectivity index (χ2v) is 6.07. The number of amides is 1. The van der Waals surface area contributed by atoms with Crippen molar-refractivity contribution in [2.24, 2.45) is 5.92 Å². The van der Waals surface area contributed by atoms with Crippen LogP contribution in [0.5, 0.6) is 0 Å². The highest BCUT2D eigenvalue weighted by atomic mass is 32.1. The third-order valence-corrected chi connectivity index (χ3v) is 4.33. The molecule has 1 aromatic carbocycles. The van der Waals surface area contributed by atoms with Crippen molar-refractivity contribution in [3.05, 3.63) is 35.2 Å². The molecule has 3 nitrogen and oxygen atoms in total. The van der Waals surface area contributed by atoms with E-state index < -0.39 is 0 Å². The molecule has 2 rings (SSSR count). The number of aliphatic hydroxyl groups excluding tert-OH is 1. The Morgan fingerprint density at radius 2 is 2.11 bits per heavy atom. The summed E-state index contributed by atoms with van der Waals surface area (Å²) in [5.74, 6) is 0.263. The van der Waals surface area contributed by atoms with Gasteiger partial charge in [-0.2, -0.15) is 0 Å². The summed E-state index contributed by atoms with van der Waals surface area (Å²) in [5, 5.41) is 13.1. The monoisotopic (exact) mass is 277 g/mol. The van der Waals surface area contributed by atoms with E-state index in [0.717, 1.165) is 15.0 Å². The molecule has 0 spiro atoms. The Bertz CT molecular complexity index is 529. The molecular weight excluding hydrogens is 258 g/mol. The van der Waals surface area contributed by atoms with Crippen LogP contribution >= 0.6 is 11.3 Å². The first kappa shape index (κ1) is 14.0. The molecule has 0 fully saturated rings. The molecule has 1 amide bonds. The molecule has 0 saturated carbocycles. The fourth-order valence-corrected chi connectivity index (χ4v) is 3.01. The average Bonchev–Trinajstić information content (AvgIpc) is 2.81. The zero-order chi connectivity index (χ0) is 13.8. The van der Waals surface area contributed by atoms with Crippen LogP contribution in [-0.4, -0.2) is 23.7 Å². The highest BCUT2D eigenvalue weighted by Gasteiger charge is 2.18. The Labute approximate surface area is 117 Å². The smallest absolute Gasteiger partial charge is 0.261 e. The maximum atomic E-state index is 12.2. The zero-order valence-corrected chi connectivity index (χ0v) is 12.0. The second kappa shape index (κ2) is 6.17. The van der Waals surface area contributed by atoms with Crippen LogP contribution in [0.15, 0.2) is 30.3 Å². The summed E-state index contributed by atoms with van der Waals surface area (Å²) in [7, 11) is 0. The number of fused-ring (bicyclic) bond motifs is 1. The molecule has 4 heteroatoms. The van der Waals surface area contributed by atoms with Crippen molar-refractivity contribution in [2.75, 3.05) is 6.61 Å². The third-order valence-electron chi connectivity index (χ3n) is 3.21. The van der Waals surface area contributed by atoms with Gasteiger partial charge < -0.3 is 10.4 Å². The van der Waals surface area contributed by atoms with Gasteiger partial charge in [-0.25, -0.2) is 0 Å². The van der Waals surface area contributed by atoms with Crippen LogP contribution in [0, 0.1) is 5.92 Å². The molecule has 0 aliphatic carbocycles. The molecule has 0 saturated heterocycles. The number of nitrogens with one attached hydrogen (secondary N) is 1. The fourth-order valence-electron chi connectivity index (χ4n) is 2.04. The maximum absolute atomic E-state index is 12.2. The fraction of sp³-hybridized carbons (Fsp3) is 0.400. The molecule has 2 N–H and O–H groups in total. The number of hydrogen-bond acceptors (Lipinski definition) is 3. The van der Waals surface area contributed by atoms with Gasteiger partial charge in [0.1, 0.15) is 0 Å². The summed E-state index contributed by atoms with van der Waals surface area (Å²) in [6.07, 6.45) is 0.592. The summed E-state index contributed by atoms with van der Waals surface area (Å²) >= 11 is 1.50.